The number of anilines is 1. The number of nitrogens with one attached hydrogen (secondary N) is 1. The molecule has 3 N–H and O–H groups in total. The molecule has 0 saturated heterocycles. The van der Waals surface area contributed by atoms with Crippen molar-refractivity contribution in [2.75, 3.05) is 5.32 Å². The SMILES string of the molecule is CCC(N)c1cccc(C[C@H](C)Nc2ncc3cc(-c4cnccc4C)ccc3n2)c1. The van der Waals surface area contributed by atoms with E-state index in [4.69, 9.17) is 10.7 Å². The second kappa shape index (κ2) is 9.23. The standard InChI is InChI=1S/C26H29N5/c1-4-24(27)21-7-5-6-19(13-21)12-18(3)30-26-29-15-22-14-20(8-9-25(22)31-26)23-16-28-11-10-17(23)2/h5-11,13-16,18,24H,4,12,27H2,1-3H3,(H,29,30,31)/t18-,24?/m0/s1. The molecule has 4 rings (SSSR count). The predicted octanol–water partition coefficient (Wildman–Crippen LogP) is 5.45. The number of aryl methyl sites for hydroxylation is 1. The van der Waals surface area contributed by atoms with E-state index in [1.54, 1.807) is 0 Å². The molecule has 5 heteroatoms. The molecule has 0 aliphatic carbocycles. The number of hydrogen-bond donors (Lipinski definition) is 2. The predicted molar refractivity (Wildman–Crippen MR) is 128 cm³/mol. The van der Waals surface area contributed by atoms with Crippen molar-refractivity contribution in [3.05, 3.63) is 83.8 Å². The molecule has 0 radical (unpaired) electrons. The number of nitrogens with two attached hydrogens (primary N) is 1. The van der Waals surface area contributed by atoms with Gasteiger partial charge in [0.15, 0.2) is 0 Å². The Kier molecular flexibility index (Phi) is 6.23. The van der Waals surface area contributed by atoms with Crippen LogP contribution in [0.15, 0.2) is 67.1 Å². The van der Waals surface area contributed by atoms with Gasteiger partial charge < -0.3 is 11.1 Å². The molecule has 2 aromatic heterocycles. The maximum absolute atomic E-state index is 6.19. The third-order valence-electron chi connectivity index (χ3n) is 5.67. The quantitative estimate of drug-likeness (QED) is 0.423. The second-order valence-corrected chi connectivity index (χ2v) is 8.17. The topological polar surface area (TPSA) is 76.7 Å². The molecule has 158 valence electrons. The van der Waals surface area contributed by atoms with Gasteiger partial charge in [-0.15, -0.1) is 0 Å². The first-order chi connectivity index (χ1) is 15.0. The van der Waals surface area contributed by atoms with Crippen LogP contribution in [0, 0.1) is 6.92 Å². The van der Waals surface area contributed by atoms with Gasteiger partial charge >= 0.3 is 0 Å². The van der Waals surface area contributed by atoms with Crippen LogP contribution in [-0.4, -0.2) is 21.0 Å². The summed E-state index contributed by atoms with van der Waals surface area (Å²) >= 11 is 0. The lowest BCUT2D eigenvalue weighted by atomic mass is 9.99. The summed E-state index contributed by atoms with van der Waals surface area (Å²) in [5.41, 5.74) is 13.0. The van der Waals surface area contributed by atoms with E-state index >= 15 is 0 Å². The van der Waals surface area contributed by atoms with Gasteiger partial charge in [0.25, 0.3) is 0 Å². The van der Waals surface area contributed by atoms with Gasteiger partial charge in [-0.05, 0) is 67.1 Å². The Morgan fingerprint density at radius 2 is 1.94 bits per heavy atom. The lowest BCUT2D eigenvalue weighted by Crippen LogP contribution is -2.20. The zero-order valence-corrected chi connectivity index (χ0v) is 18.3. The molecule has 2 heterocycles. The van der Waals surface area contributed by atoms with Crippen molar-refractivity contribution in [3.8, 4) is 11.1 Å². The summed E-state index contributed by atoms with van der Waals surface area (Å²) in [4.78, 5) is 13.5. The number of nitrogens with zero attached hydrogens (tertiary/aromatic N) is 3. The average Bonchev–Trinajstić information content (AvgIpc) is 2.78. The molecule has 4 aromatic rings. The molecule has 2 aromatic carbocycles. The van der Waals surface area contributed by atoms with E-state index in [1.807, 2.05) is 30.7 Å². The Hall–Kier alpha value is -3.31. The van der Waals surface area contributed by atoms with Gasteiger partial charge in [0.1, 0.15) is 0 Å². The van der Waals surface area contributed by atoms with E-state index in [0.717, 1.165) is 34.9 Å². The molecular weight excluding hydrogens is 382 g/mol. The molecule has 0 aliphatic heterocycles. The van der Waals surface area contributed by atoms with Gasteiger partial charge in [0.2, 0.25) is 5.95 Å². The monoisotopic (exact) mass is 411 g/mol. The minimum Gasteiger partial charge on any atom is -0.351 e. The summed E-state index contributed by atoms with van der Waals surface area (Å²) in [5.74, 6) is 0.645. The minimum atomic E-state index is 0.0902. The molecule has 2 atom stereocenters. The number of fused-ring (bicyclic) bond motifs is 1. The van der Waals surface area contributed by atoms with E-state index in [1.165, 1.54) is 16.7 Å². The van der Waals surface area contributed by atoms with Crippen molar-refractivity contribution in [3.63, 3.8) is 0 Å². The Labute approximate surface area is 183 Å². The highest BCUT2D eigenvalue weighted by Crippen LogP contribution is 2.26. The molecule has 0 amide bonds. The first-order valence-electron chi connectivity index (χ1n) is 10.8. The average molecular weight is 412 g/mol. The van der Waals surface area contributed by atoms with Crippen molar-refractivity contribution in [1.82, 2.24) is 15.0 Å². The fourth-order valence-corrected chi connectivity index (χ4v) is 3.85. The Bertz CT molecular complexity index is 1190. The van der Waals surface area contributed by atoms with Gasteiger partial charge in [0, 0.05) is 41.6 Å². The van der Waals surface area contributed by atoms with Crippen LogP contribution in [0.3, 0.4) is 0 Å². The Balaban J connectivity index is 1.49. The minimum absolute atomic E-state index is 0.0902. The summed E-state index contributed by atoms with van der Waals surface area (Å²) in [6, 6.07) is 17.1. The highest BCUT2D eigenvalue weighted by atomic mass is 15.1. The fourth-order valence-electron chi connectivity index (χ4n) is 3.85. The largest absolute Gasteiger partial charge is 0.351 e. The first-order valence-corrected chi connectivity index (χ1v) is 10.8. The highest BCUT2D eigenvalue weighted by molar-refractivity contribution is 5.85. The van der Waals surface area contributed by atoms with Gasteiger partial charge in [-0.25, -0.2) is 9.97 Å². The highest BCUT2D eigenvalue weighted by Gasteiger charge is 2.10. The molecule has 31 heavy (non-hydrogen) atoms. The third-order valence-corrected chi connectivity index (χ3v) is 5.67. The first kappa shape index (κ1) is 20.9. The van der Waals surface area contributed by atoms with Crippen molar-refractivity contribution in [2.45, 2.75) is 45.7 Å². The van der Waals surface area contributed by atoms with E-state index in [9.17, 15) is 0 Å². The maximum atomic E-state index is 6.19. The number of rotatable bonds is 7. The van der Waals surface area contributed by atoms with Crippen molar-refractivity contribution < 1.29 is 0 Å². The van der Waals surface area contributed by atoms with E-state index < -0.39 is 0 Å². The van der Waals surface area contributed by atoms with Gasteiger partial charge in [-0.2, -0.15) is 0 Å². The van der Waals surface area contributed by atoms with E-state index in [-0.39, 0.29) is 12.1 Å². The zero-order valence-electron chi connectivity index (χ0n) is 18.3. The molecule has 0 saturated carbocycles. The van der Waals surface area contributed by atoms with Crippen LogP contribution in [0.1, 0.15) is 43.0 Å². The third kappa shape index (κ3) is 4.89. The van der Waals surface area contributed by atoms with Crippen LogP contribution >= 0.6 is 0 Å². The number of aromatic nitrogens is 3. The maximum Gasteiger partial charge on any atom is 0.223 e. The molecule has 0 bridgehead atoms. The number of benzene rings is 2. The molecule has 0 aliphatic rings. The Morgan fingerprint density at radius 1 is 1.06 bits per heavy atom. The molecule has 0 spiro atoms. The van der Waals surface area contributed by atoms with Gasteiger partial charge in [-0.1, -0.05) is 37.3 Å². The van der Waals surface area contributed by atoms with Crippen LogP contribution < -0.4 is 11.1 Å². The van der Waals surface area contributed by atoms with Crippen LogP contribution in [0.2, 0.25) is 0 Å². The molecule has 0 fully saturated rings. The smallest absolute Gasteiger partial charge is 0.223 e. The second-order valence-electron chi connectivity index (χ2n) is 8.17. The van der Waals surface area contributed by atoms with Crippen LogP contribution in [0.4, 0.5) is 5.95 Å². The number of hydrogen-bond acceptors (Lipinski definition) is 5. The summed E-state index contributed by atoms with van der Waals surface area (Å²) < 4.78 is 0. The number of pyridine rings is 1. The summed E-state index contributed by atoms with van der Waals surface area (Å²) in [7, 11) is 0. The summed E-state index contributed by atoms with van der Waals surface area (Å²) in [6.45, 7) is 6.35. The van der Waals surface area contributed by atoms with Crippen molar-refractivity contribution in [1.29, 1.82) is 0 Å². The van der Waals surface area contributed by atoms with Crippen molar-refractivity contribution in [2.24, 2.45) is 5.73 Å². The van der Waals surface area contributed by atoms with Gasteiger partial charge in [0.05, 0.1) is 5.52 Å². The molecule has 5 nitrogen and oxygen atoms in total. The zero-order chi connectivity index (χ0) is 21.8. The van der Waals surface area contributed by atoms with E-state index in [2.05, 4.69) is 72.5 Å². The molecule has 1 unspecified atom stereocenters. The lowest BCUT2D eigenvalue weighted by Gasteiger charge is -2.16. The molecular formula is C26H29N5. The van der Waals surface area contributed by atoms with Crippen LogP contribution in [-0.2, 0) is 6.42 Å². The van der Waals surface area contributed by atoms with Crippen LogP contribution in [0.25, 0.3) is 22.0 Å². The van der Waals surface area contributed by atoms with Gasteiger partial charge in [-0.3, -0.25) is 4.98 Å². The normalized spacial score (nSPS) is 13.2. The fraction of sp³-hybridized carbons (Fsp3) is 0.269. The summed E-state index contributed by atoms with van der Waals surface area (Å²) in [5, 5.41) is 4.45. The van der Waals surface area contributed by atoms with E-state index in [0.29, 0.717) is 5.95 Å². The Morgan fingerprint density at radius 3 is 2.74 bits per heavy atom. The summed E-state index contributed by atoms with van der Waals surface area (Å²) in [6.07, 6.45) is 7.41. The lowest BCUT2D eigenvalue weighted by molar-refractivity contribution is 0.695. The van der Waals surface area contributed by atoms with Crippen LogP contribution in [0.5, 0.6) is 0 Å². The van der Waals surface area contributed by atoms with Crippen molar-refractivity contribution >= 4 is 16.9 Å².